The minimum atomic E-state index is -0.308. The zero-order valence-electron chi connectivity index (χ0n) is 13.4. The molecule has 22 heavy (non-hydrogen) atoms. The molecule has 0 aliphatic heterocycles. The van der Waals surface area contributed by atoms with E-state index < -0.39 is 0 Å². The Morgan fingerprint density at radius 1 is 1.36 bits per heavy atom. The largest absolute Gasteiger partial charge is 0.354 e. The van der Waals surface area contributed by atoms with Crippen molar-refractivity contribution in [1.82, 2.24) is 24.9 Å². The van der Waals surface area contributed by atoms with Gasteiger partial charge in [-0.1, -0.05) is 11.6 Å². The summed E-state index contributed by atoms with van der Waals surface area (Å²) in [6.07, 6.45) is 2.62. The number of hydrogen-bond acceptors (Lipinski definition) is 3. The van der Waals surface area contributed by atoms with Crippen LogP contribution >= 0.6 is 11.6 Å². The van der Waals surface area contributed by atoms with Crippen LogP contribution in [0.25, 0.3) is 0 Å². The lowest BCUT2D eigenvalue weighted by atomic mass is 10.3. The van der Waals surface area contributed by atoms with Crippen molar-refractivity contribution >= 4 is 17.5 Å². The number of rotatable bonds is 6. The Labute approximate surface area is 135 Å². The number of nitrogens with one attached hydrogen (secondary N) is 1. The average Bonchev–Trinajstić information content (AvgIpc) is 3.02. The Bertz CT molecular complexity index is 661. The Morgan fingerprint density at radius 2 is 2.09 bits per heavy atom. The molecule has 1 amide bonds. The summed E-state index contributed by atoms with van der Waals surface area (Å²) in [5.74, 6) is -0.0329. The first-order valence-corrected chi connectivity index (χ1v) is 7.77. The van der Waals surface area contributed by atoms with Crippen molar-refractivity contribution in [2.45, 2.75) is 46.7 Å². The molecule has 120 valence electrons. The highest BCUT2D eigenvalue weighted by molar-refractivity contribution is 6.31. The Morgan fingerprint density at radius 3 is 2.64 bits per heavy atom. The van der Waals surface area contributed by atoms with Gasteiger partial charge in [-0.3, -0.25) is 14.2 Å². The third-order valence-corrected chi connectivity index (χ3v) is 4.20. The van der Waals surface area contributed by atoms with Crippen molar-refractivity contribution in [3.63, 3.8) is 0 Å². The quantitative estimate of drug-likeness (QED) is 0.830. The number of amides is 1. The van der Waals surface area contributed by atoms with E-state index in [4.69, 9.17) is 11.6 Å². The van der Waals surface area contributed by atoms with Crippen molar-refractivity contribution in [3.05, 3.63) is 34.4 Å². The molecule has 1 unspecified atom stereocenters. The van der Waals surface area contributed by atoms with E-state index in [0.29, 0.717) is 11.6 Å². The maximum absolute atomic E-state index is 12.1. The SMILES string of the molecule is Cc1ccn(C(C)C(=O)NCCCn2nc(C)c(Cl)c2C)n1. The van der Waals surface area contributed by atoms with E-state index in [9.17, 15) is 4.79 Å². The van der Waals surface area contributed by atoms with Crippen LogP contribution in [-0.4, -0.2) is 32.0 Å². The van der Waals surface area contributed by atoms with E-state index in [-0.39, 0.29) is 11.9 Å². The molecule has 0 radical (unpaired) electrons. The van der Waals surface area contributed by atoms with Gasteiger partial charge in [0.2, 0.25) is 5.91 Å². The molecule has 0 aromatic carbocycles. The second kappa shape index (κ2) is 6.96. The minimum absolute atomic E-state index is 0.0329. The van der Waals surface area contributed by atoms with Gasteiger partial charge >= 0.3 is 0 Å². The average molecular weight is 324 g/mol. The molecule has 2 aromatic rings. The number of aromatic nitrogens is 4. The summed E-state index contributed by atoms with van der Waals surface area (Å²) in [5.41, 5.74) is 2.71. The van der Waals surface area contributed by atoms with Crippen molar-refractivity contribution in [1.29, 1.82) is 0 Å². The monoisotopic (exact) mass is 323 g/mol. The van der Waals surface area contributed by atoms with Gasteiger partial charge in [-0.25, -0.2) is 0 Å². The molecule has 1 N–H and O–H groups in total. The first-order chi connectivity index (χ1) is 10.4. The summed E-state index contributed by atoms with van der Waals surface area (Å²) >= 11 is 6.11. The lowest BCUT2D eigenvalue weighted by molar-refractivity contribution is -0.124. The van der Waals surface area contributed by atoms with E-state index in [1.165, 1.54) is 0 Å². The molecule has 7 heteroatoms. The summed E-state index contributed by atoms with van der Waals surface area (Å²) in [4.78, 5) is 12.1. The second-order valence-corrected chi connectivity index (χ2v) is 5.84. The van der Waals surface area contributed by atoms with Gasteiger partial charge in [0.15, 0.2) is 0 Å². The molecule has 1 atom stereocenters. The molecule has 0 bridgehead atoms. The smallest absolute Gasteiger partial charge is 0.244 e. The van der Waals surface area contributed by atoms with Crippen LogP contribution in [0.3, 0.4) is 0 Å². The summed E-state index contributed by atoms with van der Waals surface area (Å²) in [5, 5.41) is 12.3. The Balaban J connectivity index is 1.78. The molecule has 2 aromatic heterocycles. The summed E-state index contributed by atoms with van der Waals surface area (Å²) in [7, 11) is 0. The molecule has 2 rings (SSSR count). The third-order valence-electron chi connectivity index (χ3n) is 3.66. The first-order valence-electron chi connectivity index (χ1n) is 7.39. The number of aryl methyl sites for hydroxylation is 3. The fourth-order valence-corrected chi connectivity index (χ4v) is 2.39. The highest BCUT2D eigenvalue weighted by Gasteiger charge is 2.15. The number of halogens is 1. The molecule has 0 fully saturated rings. The predicted octanol–water partition coefficient (Wildman–Crippen LogP) is 2.43. The van der Waals surface area contributed by atoms with Crippen molar-refractivity contribution in [2.75, 3.05) is 6.54 Å². The Kier molecular flexibility index (Phi) is 5.24. The van der Waals surface area contributed by atoms with Gasteiger partial charge < -0.3 is 5.32 Å². The zero-order chi connectivity index (χ0) is 16.3. The van der Waals surface area contributed by atoms with Crippen LogP contribution in [0, 0.1) is 20.8 Å². The van der Waals surface area contributed by atoms with Crippen LogP contribution < -0.4 is 5.32 Å². The molecule has 0 spiro atoms. The van der Waals surface area contributed by atoms with Crippen molar-refractivity contribution < 1.29 is 4.79 Å². The highest BCUT2D eigenvalue weighted by atomic mass is 35.5. The fourth-order valence-electron chi connectivity index (χ4n) is 2.25. The maximum Gasteiger partial charge on any atom is 0.244 e. The minimum Gasteiger partial charge on any atom is -0.354 e. The van der Waals surface area contributed by atoms with E-state index in [0.717, 1.165) is 30.0 Å². The summed E-state index contributed by atoms with van der Waals surface area (Å²) in [6.45, 7) is 8.90. The molecule has 0 aliphatic carbocycles. The molecular weight excluding hydrogens is 302 g/mol. The van der Waals surface area contributed by atoms with Gasteiger partial charge in [0.1, 0.15) is 6.04 Å². The number of hydrogen-bond donors (Lipinski definition) is 1. The van der Waals surface area contributed by atoms with Gasteiger partial charge in [-0.15, -0.1) is 0 Å². The van der Waals surface area contributed by atoms with Gasteiger partial charge in [0, 0.05) is 19.3 Å². The predicted molar refractivity (Wildman–Crippen MR) is 86.0 cm³/mol. The molecule has 0 aliphatic rings. The van der Waals surface area contributed by atoms with Crippen molar-refractivity contribution in [3.8, 4) is 0 Å². The normalized spacial score (nSPS) is 12.4. The maximum atomic E-state index is 12.1. The number of carbonyl (C=O) groups excluding carboxylic acids is 1. The fraction of sp³-hybridized carbons (Fsp3) is 0.533. The molecular formula is C15H22ClN5O. The molecule has 0 saturated heterocycles. The van der Waals surface area contributed by atoms with E-state index in [1.807, 2.05) is 44.6 Å². The van der Waals surface area contributed by atoms with Gasteiger partial charge in [0.05, 0.1) is 22.1 Å². The summed E-state index contributed by atoms with van der Waals surface area (Å²) < 4.78 is 3.55. The first kappa shape index (κ1) is 16.5. The molecule has 6 nitrogen and oxygen atoms in total. The summed E-state index contributed by atoms with van der Waals surface area (Å²) in [6, 6.07) is 1.58. The van der Waals surface area contributed by atoms with Gasteiger partial charge in [-0.2, -0.15) is 10.2 Å². The zero-order valence-corrected chi connectivity index (χ0v) is 14.2. The van der Waals surface area contributed by atoms with Crippen LogP contribution in [-0.2, 0) is 11.3 Å². The van der Waals surface area contributed by atoms with E-state index in [2.05, 4.69) is 15.5 Å². The van der Waals surface area contributed by atoms with Crippen LogP contribution in [0.5, 0.6) is 0 Å². The topological polar surface area (TPSA) is 64.7 Å². The number of nitrogens with zero attached hydrogens (tertiary/aromatic N) is 4. The van der Waals surface area contributed by atoms with Crippen LogP contribution in [0.4, 0.5) is 0 Å². The van der Waals surface area contributed by atoms with Crippen LogP contribution in [0.1, 0.15) is 36.5 Å². The molecule has 0 saturated carbocycles. The molecule has 2 heterocycles. The van der Waals surface area contributed by atoms with Gasteiger partial charge in [0.25, 0.3) is 0 Å². The van der Waals surface area contributed by atoms with E-state index >= 15 is 0 Å². The Hall–Kier alpha value is -1.82. The highest BCUT2D eigenvalue weighted by Crippen LogP contribution is 2.18. The lowest BCUT2D eigenvalue weighted by Gasteiger charge is -2.13. The second-order valence-electron chi connectivity index (χ2n) is 5.47. The van der Waals surface area contributed by atoms with E-state index in [1.54, 1.807) is 4.68 Å². The standard InChI is InChI=1S/C15H22ClN5O/c1-10-6-9-21(18-10)13(4)15(22)17-7-5-8-20-12(3)14(16)11(2)19-20/h6,9,13H,5,7-8H2,1-4H3,(H,17,22). The lowest BCUT2D eigenvalue weighted by Crippen LogP contribution is -2.32. The van der Waals surface area contributed by atoms with Crippen LogP contribution in [0.2, 0.25) is 5.02 Å². The third kappa shape index (κ3) is 3.68. The van der Waals surface area contributed by atoms with Gasteiger partial charge in [-0.05, 0) is 40.2 Å². The van der Waals surface area contributed by atoms with Crippen molar-refractivity contribution in [2.24, 2.45) is 0 Å². The van der Waals surface area contributed by atoms with Crippen LogP contribution in [0.15, 0.2) is 12.3 Å². The number of carbonyl (C=O) groups is 1.